The fourth-order valence-electron chi connectivity index (χ4n) is 1.38. The van der Waals surface area contributed by atoms with E-state index in [1.54, 1.807) is 0 Å². The van der Waals surface area contributed by atoms with E-state index in [1.807, 2.05) is 0 Å². The quantitative estimate of drug-likeness (QED) is 0.588. The van der Waals surface area contributed by atoms with Gasteiger partial charge in [0.1, 0.15) is 0 Å². The fourth-order valence-corrected chi connectivity index (χ4v) is 1.38. The van der Waals surface area contributed by atoms with Crippen molar-refractivity contribution >= 4 is 17.3 Å². The van der Waals surface area contributed by atoms with E-state index in [4.69, 9.17) is 11.5 Å². The Morgan fingerprint density at radius 1 is 1.29 bits per heavy atom. The minimum atomic E-state index is -4.67. The number of benzene rings is 1. The van der Waals surface area contributed by atoms with Crippen molar-refractivity contribution in [2.24, 2.45) is 0 Å². The largest absolute Gasteiger partial charge is 0.465 e. The summed E-state index contributed by atoms with van der Waals surface area (Å²) in [5.74, 6) is -0.889. The zero-order valence-corrected chi connectivity index (χ0v) is 9.18. The zero-order valence-electron chi connectivity index (χ0n) is 9.18. The van der Waals surface area contributed by atoms with E-state index in [0.29, 0.717) is 6.07 Å². The summed E-state index contributed by atoms with van der Waals surface area (Å²) < 4.78 is 42.2. The number of nitrogen functional groups attached to an aromatic ring is 2. The summed E-state index contributed by atoms with van der Waals surface area (Å²) in [7, 11) is 1.07. The molecule has 1 aromatic rings. The standard InChI is InChI=1S/C10H11F3N2O2/c1-4-5(9(16)17-2)3-6(10(11,12)13)8(15)7(4)14/h3H,14-15H2,1-2H3. The highest BCUT2D eigenvalue weighted by atomic mass is 19.4. The molecular weight excluding hydrogens is 237 g/mol. The van der Waals surface area contributed by atoms with Gasteiger partial charge in [-0.3, -0.25) is 0 Å². The van der Waals surface area contributed by atoms with E-state index in [0.717, 1.165) is 7.11 Å². The molecule has 4 nitrogen and oxygen atoms in total. The van der Waals surface area contributed by atoms with E-state index in [1.165, 1.54) is 6.92 Å². The van der Waals surface area contributed by atoms with Crippen molar-refractivity contribution in [1.29, 1.82) is 0 Å². The van der Waals surface area contributed by atoms with Gasteiger partial charge in [-0.05, 0) is 18.6 Å². The Morgan fingerprint density at radius 2 is 1.82 bits per heavy atom. The van der Waals surface area contributed by atoms with Crippen molar-refractivity contribution in [2.45, 2.75) is 13.1 Å². The molecule has 0 spiro atoms. The van der Waals surface area contributed by atoms with Gasteiger partial charge < -0.3 is 16.2 Å². The number of hydrogen-bond donors (Lipinski definition) is 2. The Labute approximate surface area is 95.3 Å². The molecule has 0 atom stereocenters. The van der Waals surface area contributed by atoms with Gasteiger partial charge in [0.2, 0.25) is 0 Å². The lowest BCUT2D eigenvalue weighted by Crippen LogP contribution is -2.15. The van der Waals surface area contributed by atoms with Crippen molar-refractivity contribution in [2.75, 3.05) is 18.6 Å². The first-order valence-corrected chi connectivity index (χ1v) is 4.54. The molecule has 94 valence electrons. The summed E-state index contributed by atoms with van der Waals surface area (Å²) in [6.07, 6.45) is -4.67. The molecule has 0 fully saturated rings. The van der Waals surface area contributed by atoms with Crippen molar-refractivity contribution in [3.63, 3.8) is 0 Å². The molecule has 17 heavy (non-hydrogen) atoms. The van der Waals surface area contributed by atoms with E-state index in [-0.39, 0.29) is 16.8 Å². The molecule has 4 N–H and O–H groups in total. The molecular formula is C10H11F3N2O2. The highest BCUT2D eigenvalue weighted by Crippen LogP contribution is 2.38. The normalized spacial score (nSPS) is 11.4. The Morgan fingerprint density at radius 3 is 2.24 bits per heavy atom. The van der Waals surface area contributed by atoms with Crippen LogP contribution in [0.1, 0.15) is 21.5 Å². The van der Waals surface area contributed by atoms with Crippen LogP contribution in [-0.4, -0.2) is 13.1 Å². The third-order valence-electron chi connectivity index (χ3n) is 2.39. The van der Waals surface area contributed by atoms with Crippen LogP contribution in [0.4, 0.5) is 24.5 Å². The molecule has 0 aromatic heterocycles. The van der Waals surface area contributed by atoms with Crippen LogP contribution < -0.4 is 11.5 Å². The monoisotopic (exact) mass is 248 g/mol. The van der Waals surface area contributed by atoms with Crippen LogP contribution in [0.15, 0.2) is 6.07 Å². The highest BCUT2D eigenvalue weighted by Gasteiger charge is 2.35. The second kappa shape index (κ2) is 4.15. The van der Waals surface area contributed by atoms with Crippen molar-refractivity contribution in [3.8, 4) is 0 Å². The molecule has 0 bridgehead atoms. The smallest absolute Gasteiger partial charge is 0.418 e. The Hall–Kier alpha value is -1.92. The van der Waals surface area contributed by atoms with Crippen molar-refractivity contribution in [3.05, 3.63) is 22.8 Å². The molecule has 0 amide bonds. The molecule has 0 heterocycles. The Kier molecular flexibility index (Phi) is 3.21. The number of carbonyl (C=O) groups excluding carboxylic acids is 1. The third kappa shape index (κ3) is 2.27. The molecule has 0 radical (unpaired) electrons. The van der Waals surface area contributed by atoms with Crippen molar-refractivity contribution < 1.29 is 22.7 Å². The lowest BCUT2D eigenvalue weighted by atomic mass is 10.0. The topological polar surface area (TPSA) is 78.3 Å². The maximum atomic E-state index is 12.6. The third-order valence-corrected chi connectivity index (χ3v) is 2.39. The molecule has 0 unspecified atom stereocenters. The predicted molar refractivity (Wildman–Crippen MR) is 56.3 cm³/mol. The van der Waals surface area contributed by atoms with Crippen LogP contribution in [0.2, 0.25) is 0 Å². The summed E-state index contributed by atoms with van der Waals surface area (Å²) in [6.45, 7) is 1.40. The van der Waals surface area contributed by atoms with Crippen LogP contribution in [0.3, 0.4) is 0 Å². The summed E-state index contributed by atoms with van der Waals surface area (Å²) in [6, 6.07) is 0.646. The van der Waals surface area contributed by atoms with E-state index < -0.39 is 23.4 Å². The zero-order chi connectivity index (χ0) is 13.4. The Bertz CT molecular complexity index is 470. The molecule has 0 saturated heterocycles. The van der Waals surface area contributed by atoms with Gasteiger partial charge in [-0.2, -0.15) is 13.2 Å². The second-order valence-electron chi connectivity index (χ2n) is 3.41. The number of alkyl halides is 3. The maximum Gasteiger partial charge on any atom is 0.418 e. The number of hydrogen-bond acceptors (Lipinski definition) is 4. The fraction of sp³-hybridized carbons (Fsp3) is 0.300. The van der Waals surface area contributed by atoms with Gasteiger partial charge in [0.05, 0.1) is 29.6 Å². The molecule has 0 aliphatic heterocycles. The van der Waals surface area contributed by atoms with Gasteiger partial charge in [-0.25, -0.2) is 4.79 Å². The number of methoxy groups -OCH3 is 1. The molecule has 1 aromatic carbocycles. The van der Waals surface area contributed by atoms with Crippen LogP contribution in [0, 0.1) is 6.92 Å². The first-order chi connectivity index (χ1) is 7.70. The minimum absolute atomic E-state index is 0.169. The number of anilines is 2. The number of rotatable bonds is 1. The first kappa shape index (κ1) is 13.1. The SMILES string of the molecule is COC(=O)c1cc(C(F)(F)F)c(N)c(N)c1C. The second-order valence-corrected chi connectivity index (χ2v) is 3.41. The summed E-state index contributed by atoms with van der Waals surface area (Å²) in [5, 5.41) is 0. The molecule has 0 saturated carbocycles. The average Bonchev–Trinajstić information content (AvgIpc) is 2.23. The first-order valence-electron chi connectivity index (χ1n) is 4.54. The molecule has 7 heteroatoms. The number of ether oxygens (including phenoxy) is 1. The summed E-state index contributed by atoms with van der Waals surface area (Å²) in [4.78, 5) is 11.3. The molecule has 0 aliphatic rings. The van der Waals surface area contributed by atoms with Crippen LogP contribution in [0.5, 0.6) is 0 Å². The summed E-state index contributed by atoms with van der Waals surface area (Å²) >= 11 is 0. The Balaban J connectivity index is 3.56. The van der Waals surface area contributed by atoms with Gasteiger partial charge in [-0.15, -0.1) is 0 Å². The summed E-state index contributed by atoms with van der Waals surface area (Å²) in [5.41, 5.74) is 8.67. The van der Waals surface area contributed by atoms with E-state index >= 15 is 0 Å². The predicted octanol–water partition coefficient (Wildman–Crippen LogP) is 1.96. The van der Waals surface area contributed by atoms with Gasteiger partial charge in [-0.1, -0.05) is 0 Å². The maximum absolute atomic E-state index is 12.6. The van der Waals surface area contributed by atoms with Crippen LogP contribution in [-0.2, 0) is 10.9 Å². The number of carbonyl (C=O) groups is 1. The van der Waals surface area contributed by atoms with Gasteiger partial charge >= 0.3 is 12.1 Å². The number of nitrogens with two attached hydrogens (primary N) is 2. The minimum Gasteiger partial charge on any atom is -0.465 e. The lowest BCUT2D eigenvalue weighted by Gasteiger charge is -2.16. The molecule has 1 rings (SSSR count). The highest BCUT2D eigenvalue weighted by molar-refractivity contribution is 5.95. The number of halogens is 3. The van der Waals surface area contributed by atoms with Crippen LogP contribution in [0.25, 0.3) is 0 Å². The lowest BCUT2D eigenvalue weighted by molar-refractivity contribution is -0.136. The van der Waals surface area contributed by atoms with Gasteiger partial charge in [0.25, 0.3) is 0 Å². The number of esters is 1. The average molecular weight is 248 g/mol. The van der Waals surface area contributed by atoms with Crippen LogP contribution >= 0.6 is 0 Å². The van der Waals surface area contributed by atoms with Gasteiger partial charge in [0, 0.05) is 0 Å². The molecule has 0 aliphatic carbocycles. The van der Waals surface area contributed by atoms with E-state index in [9.17, 15) is 18.0 Å². The van der Waals surface area contributed by atoms with E-state index in [2.05, 4.69) is 4.74 Å². The van der Waals surface area contributed by atoms with Crippen molar-refractivity contribution in [1.82, 2.24) is 0 Å². The van der Waals surface area contributed by atoms with Gasteiger partial charge in [0.15, 0.2) is 0 Å².